The predicted molar refractivity (Wildman–Crippen MR) is 119 cm³/mol. The lowest BCUT2D eigenvalue weighted by atomic mass is 10.2. The first-order chi connectivity index (χ1) is 14.3. The molecule has 0 spiro atoms. The molecular formula is C20H15Cl2N3O4S. The van der Waals surface area contributed by atoms with Gasteiger partial charge in [-0.25, -0.2) is 0 Å². The summed E-state index contributed by atoms with van der Waals surface area (Å²) in [6.07, 6.45) is 1.66. The van der Waals surface area contributed by atoms with Crippen molar-refractivity contribution in [3.8, 4) is 5.75 Å². The van der Waals surface area contributed by atoms with Gasteiger partial charge in [-0.1, -0.05) is 35.3 Å². The lowest BCUT2D eigenvalue weighted by Gasteiger charge is -2.08. The van der Waals surface area contributed by atoms with Gasteiger partial charge >= 0.3 is 0 Å². The lowest BCUT2D eigenvalue weighted by molar-refractivity contribution is -0.118. The molecule has 7 nitrogen and oxygen atoms in total. The molecule has 30 heavy (non-hydrogen) atoms. The number of amides is 3. The Balaban J connectivity index is 1.53. The average molecular weight is 464 g/mol. The molecule has 2 aromatic carbocycles. The zero-order valence-corrected chi connectivity index (χ0v) is 17.9. The predicted octanol–water partition coefficient (Wildman–Crippen LogP) is 4.12. The van der Waals surface area contributed by atoms with E-state index in [1.54, 1.807) is 48.5 Å². The Morgan fingerprint density at radius 1 is 1.10 bits per heavy atom. The standard InChI is InChI=1S/C20H15Cl2N3O4S/c1-11(26)23-20-25-19(28)17(30-20)8-12-2-5-14(6-3-12)29-10-18(27)24-13-4-7-15(21)16(22)9-13/h2-9H,10H2,1H3,(H,24,27)(H,23,25,26,28)/b17-8-. The molecule has 0 aromatic heterocycles. The maximum absolute atomic E-state index is 12.0. The fraction of sp³-hybridized carbons (Fsp3) is 0.100. The molecule has 0 saturated carbocycles. The molecule has 2 aromatic rings. The number of hydrogen-bond acceptors (Lipinski definition) is 5. The van der Waals surface area contributed by atoms with E-state index in [9.17, 15) is 14.4 Å². The second-order valence-corrected chi connectivity index (χ2v) is 7.89. The maximum atomic E-state index is 12.0. The average Bonchev–Trinajstić information content (AvgIpc) is 3.02. The van der Waals surface area contributed by atoms with Gasteiger partial charge in [0.2, 0.25) is 5.91 Å². The van der Waals surface area contributed by atoms with Crippen LogP contribution in [0.25, 0.3) is 6.08 Å². The molecular weight excluding hydrogens is 449 g/mol. The van der Waals surface area contributed by atoms with Gasteiger partial charge < -0.3 is 15.4 Å². The van der Waals surface area contributed by atoms with Crippen molar-refractivity contribution in [1.82, 2.24) is 5.32 Å². The van der Waals surface area contributed by atoms with Gasteiger partial charge in [-0.3, -0.25) is 14.4 Å². The minimum absolute atomic E-state index is 0.192. The number of thioether (sulfide) groups is 1. The third-order valence-electron chi connectivity index (χ3n) is 3.65. The number of ether oxygens (including phenoxy) is 1. The Bertz CT molecular complexity index is 1070. The van der Waals surface area contributed by atoms with E-state index in [4.69, 9.17) is 27.9 Å². The third kappa shape index (κ3) is 6.09. The number of carbonyl (C=O) groups excluding carboxylic acids is 3. The molecule has 0 aliphatic carbocycles. The molecule has 0 bridgehead atoms. The van der Waals surface area contributed by atoms with Crippen molar-refractivity contribution < 1.29 is 19.1 Å². The van der Waals surface area contributed by atoms with Crippen LogP contribution in [-0.4, -0.2) is 29.5 Å². The van der Waals surface area contributed by atoms with Crippen LogP contribution in [-0.2, 0) is 14.4 Å². The molecule has 1 aliphatic heterocycles. The molecule has 1 heterocycles. The fourth-order valence-electron chi connectivity index (χ4n) is 2.34. The SMILES string of the molecule is CC(=O)NC1=NC(=O)/C(=C/c2ccc(OCC(=O)Nc3ccc(Cl)c(Cl)c3)cc2)S1. The van der Waals surface area contributed by atoms with Gasteiger partial charge in [-0.05, 0) is 53.7 Å². The fourth-order valence-corrected chi connectivity index (χ4v) is 3.50. The number of amidine groups is 1. The molecule has 0 fully saturated rings. The first-order valence-electron chi connectivity index (χ1n) is 8.58. The molecule has 154 valence electrons. The molecule has 0 atom stereocenters. The number of halogens is 2. The highest BCUT2D eigenvalue weighted by molar-refractivity contribution is 8.18. The first-order valence-corrected chi connectivity index (χ1v) is 10.2. The van der Waals surface area contributed by atoms with Gasteiger partial charge in [0.05, 0.1) is 15.0 Å². The van der Waals surface area contributed by atoms with Crippen molar-refractivity contribution in [1.29, 1.82) is 0 Å². The lowest BCUT2D eigenvalue weighted by Crippen LogP contribution is -2.23. The van der Waals surface area contributed by atoms with Crippen LogP contribution >= 0.6 is 35.0 Å². The summed E-state index contributed by atoms with van der Waals surface area (Å²) >= 11 is 12.9. The molecule has 0 unspecified atom stereocenters. The summed E-state index contributed by atoms with van der Waals surface area (Å²) < 4.78 is 5.47. The highest BCUT2D eigenvalue weighted by Gasteiger charge is 2.22. The summed E-state index contributed by atoms with van der Waals surface area (Å²) in [7, 11) is 0. The normalized spacial score (nSPS) is 14.4. The molecule has 1 aliphatic rings. The van der Waals surface area contributed by atoms with Crippen LogP contribution in [0, 0.1) is 0 Å². The smallest absolute Gasteiger partial charge is 0.286 e. The van der Waals surface area contributed by atoms with Crippen LogP contribution in [0.3, 0.4) is 0 Å². The maximum Gasteiger partial charge on any atom is 0.286 e. The Labute approximate surface area is 186 Å². The third-order valence-corrected chi connectivity index (χ3v) is 5.29. The minimum atomic E-state index is -0.414. The summed E-state index contributed by atoms with van der Waals surface area (Å²) in [5.41, 5.74) is 1.26. The van der Waals surface area contributed by atoms with Crippen LogP contribution in [0.1, 0.15) is 12.5 Å². The second kappa shape index (κ2) is 9.80. The number of benzene rings is 2. The van der Waals surface area contributed by atoms with Gasteiger partial charge in [-0.2, -0.15) is 4.99 Å². The van der Waals surface area contributed by atoms with Gasteiger partial charge in [0.25, 0.3) is 11.8 Å². The zero-order valence-electron chi connectivity index (χ0n) is 15.6. The van der Waals surface area contributed by atoms with Crippen LogP contribution in [0.4, 0.5) is 5.69 Å². The molecule has 0 radical (unpaired) electrons. The van der Waals surface area contributed by atoms with Gasteiger partial charge in [-0.15, -0.1) is 0 Å². The van der Waals surface area contributed by atoms with E-state index in [0.717, 1.165) is 17.3 Å². The minimum Gasteiger partial charge on any atom is -0.484 e. The second-order valence-electron chi connectivity index (χ2n) is 6.05. The van der Waals surface area contributed by atoms with E-state index in [2.05, 4.69) is 15.6 Å². The summed E-state index contributed by atoms with van der Waals surface area (Å²) in [5, 5.41) is 6.15. The van der Waals surface area contributed by atoms with E-state index in [-0.39, 0.29) is 23.6 Å². The Morgan fingerprint density at radius 2 is 1.83 bits per heavy atom. The topological polar surface area (TPSA) is 96.9 Å². The largest absolute Gasteiger partial charge is 0.484 e. The Kier molecular flexibility index (Phi) is 7.15. The van der Waals surface area contributed by atoms with Gasteiger partial charge in [0, 0.05) is 12.6 Å². The summed E-state index contributed by atoms with van der Waals surface area (Å²) in [4.78, 5) is 39.1. The highest BCUT2D eigenvalue weighted by Crippen LogP contribution is 2.28. The number of nitrogens with zero attached hydrogens (tertiary/aromatic N) is 1. The molecule has 3 rings (SSSR count). The van der Waals surface area contributed by atoms with Crippen molar-refractivity contribution in [2.75, 3.05) is 11.9 Å². The van der Waals surface area contributed by atoms with Crippen molar-refractivity contribution >= 4 is 69.6 Å². The van der Waals surface area contributed by atoms with Gasteiger partial charge in [0.1, 0.15) is 5.75 Å². The van der Waals surface area contributed by atoms with E-state index in [1.165, 1.54) is 6.92 Å². The van der Waals surface area contributed by atoms with Gasteiger partial charge in [0.15, 0.2) is 11.8 Å². The number of anilines is 1. The number of aliphatic imine (C=N–C) groups is 1. The first kappa shape index (κ1) is 21.9. The highest BCUT2D eigenvalue weighted by atomic mass is 35.5. The molecule has 2 N–H and O–H groups in total. The molecule has 3 amide bonds. The van der Waals surface area contributed by atoms with Crippen LogP contribution in [0.2, 0.25) is 10.0 Å². The zero-order chi connectivity index (χ0) is 21.7. The van der Waals surface area contributed by atoms with Crippen LogP contribution < -0.4 is 15.4 Å². The van der Waals surface area contributed by atoms with Crippen LogP contribution in [0.15, 0.2) is 52.4 Å². The molecule has 10 heteroatoms. The quantitative estimate of drug-likeness (QED) is 0.649. The van der Waals surface area contributed by atoms with Crippen molar-refractivity contribution in [2.45, 2.75) is 6.92 Å². The molecule has 0 saturated heterocycles. The van der Waals surface area contributed by atoms with Crippen LogP contribution in [0.5, 0.6) is 5.75 Å². The van der Waals surface area contributed by atoms with E-state index >= 15 is 0 Å². The number of rotatable bonds is 5. The number of hydrogen-bond donors (Lipinski definition) is 2. The van der Waals surface area contributed by atoms with Crippen molar-refractivity contribution in [3.05, 3.63) is 63.0 Å². The number of nitrogens with one attached hydrogen (secondary N) is 2. The Hall–Kier alpha value is -2.81. The van der Waals surface area contributed by atoms with Crippen molar-refractivity contribution in [2.24, 2.45) is 4.99 Å². The van der Waals surface area contributed by atoms with E-state index in [0.29, 0.717) is 26.4 Å². The van der Waals surface area contributed by atoms with E-state index in [1.807, 2.05) is 0 Å². The number of carbonyl (C=O) groups is 3. The summed E-state index contributed by atoms with van der Waals surface area (Å²) in [6, 6.07) is 11.6. The summed E-state index contributed by atoms with van der Waals surface area (Å²) in [5.74, 6) is -0.569. The summed E-state index contributed by atoms with van der Waals surface area (Å²) in [6.45, 7) is 1.15. The van der Waals surface area contributed by atoms with Crippen molar-refractivity contribution in [3.63, 3.8) is 0 Å². The monoisotopic (exact) mass is 463 g/mol. The Morgan fingerprint density at radius 3 is 2.50 bits per heavy atom. The van der Waals surface area contributed by atoms with E-state index < -0.39 is 5.91 Å².